The first kappa shape index (κ1) is 14.6. The van der Waals surface area contributed by atoms with Crippen LogP contribution in [0.15, 0.2) is 22.2 Å². The second kappa shape index (κ2) is 5.28. The summed E-state index contributed by atoms with van der Waals surface area (Å²) < 4.78 is 51.3. The number of amidine groups is 1. The van der Waals surface area contributed by atoms with Gasteiger partial charge in [0.1, 0.15) is 5.82 Å². The molecule has 1 aromatic heterocycles. The molecule has 0 fully saturated rings. The molecule has 2 unspecified atom stereocenters. The summed E-state index contributed by atoms with van der Waals surface area (Å²) in [4.78, 5) is 10.5. The first-order chi connectivity index (χ1) is 9.32. The SMILES string of the molecule is CC1N=C(C(F)(F)F)N=CC1c1cc(CN)ncc1F. The Kier molecular flexibility index (Phi) is 3.85. The number of aliphatic imine (C=N–C) groups is 2. The number of nitrogens with zero attached hydrogens (tertiary/aromatic N) is 3. The van der Waals surface area contributed by atoms with Crippen LogP contribution in [0.3, 0.4) is 0 Å². The van der Waals surface area contributed by atoms with Crippen molar-refractivity contribution in [2.45, 2.75) is 31.6 Å². The lowest BCUT2D eigenvalue weighted by atomic mass is 9.92. The Hall–Kier alpha value is -1.83. The van der Waals surface area contributed by atoms with Crippen LogP contribution in [-0.4, -0.2) is 29.3 Å². The van der Waals surface area contributed by atoms with E-state index in [9.17, 15) is 17.6 Å². The van der Waals surface area contributed by atoms with Crippen molar-refractivity contribution in [1.82, 2.24) is 4.98 Å². The van der Waals surface area contributed by atoms with E-state index in [1.807, 2.05) is 0 Å². The first-order valence-electron chi connectivity index (χ1n) is 5.86. The van der Waals surface area contributed by atoms with E-state index >= 15 is 0 Å². The molecule has 0 bridgehead atoms. The van der Waals surface area contributed by atoms with Crippen molar-refractivity contribution in [3.8, 4) is 0 Å². The van der Waals surface area contributed by atoms with Crippen LogP contribution in [0.1, 0.15) is 24.1 Å². The standard InChI is InChI=1S/C12H12F4N4/c1-6-9(4-19-11(20-6)12(14,15)16)8-2-7(3-17)18-5-10(8)13/h2,4-6,9H,3,17H2,1H3. The van der Waals surface area contributed by atoms with Crippen molar-refractivity contribution in [3.05, 3.63) is 29.3 Å². The normalized spacial score (nSPS) is 22.8. The fraction of sp³-hybridized carbons (Fsp3) is 0.417. The fourth-order valence-corrected chi connectivity index (χ4v) is 1.94. The molecule has 8 heteroatoms. The summed E-state index contributed by atoms with van der Waals surface area (Å²) in [6.07, 6.45) is -2.53. The van der Waals surface area contributed by atoms with Gasteiger partial charge in [-0.05, 0) is 13.0 Å². The van der Waals surface area contributed by atoms with Gasteiger partial charge in [0.25, 0.3) is 0 Å². The quantitative estimate of drug-likeness (QED) is 0.848. The van der Waals surface area contributed by atoms with Crippen LogP contribution in [0.2, 0.25) is 0 Å². The first-order valence-corrected chi connectivity index (χ1v) is 5.86. The van der Waals surface area contributed by atoms with Gasteiger partial charge in [-0.1, -0.05) is 0 Å². The lowest BCUT2D eigenvalue weighted by Crippen LogP contribution is -2.30. The zero-order chi connectivity index (χ0) is 14.9. The number of alkyl halides is 3. The zero-order valence-corrected chi connectivity index (χ0v) is 10.5. The molecule has 0 aromatic carbocycles. The summed E-state index contributed by atoms with van der Waals surface area (Å²) >= 11 is 0. The third kappa shape index (κ3) is 2.84. The van der Waals surface area contributed by atoms with Gasteiger partial charge < -0.3 is 5.73 Å². The van der Waals surface area contributed by atoms with Gasteiger partial charge in [-0.2, -0.15) is 13.2 Å². The number of hydrogen-bond donors (Lipinski definition) is 1. The van der Waals surface area contributed by atoms with E-state index in [0.29, 0.717) is 5.69 Å². The molecule has 2 atom stereocenters. The van der Waals surface area contributed by atoms with E-state index in [2.05, 4.69) is 15.0 Å². The van der Waals surface area contributed by atoms with Crippen LogP contribution in [0, 0.1) is 5.82 Å². The Morgan fingerprint density at radius 1 is 1.35 bits per heavy atom. The zero-order valence-electron chi connectivity index (χ0n) is 10.5. The van der Waals surface area contributed by atoms with Crippen molar-refractivity contribution in [2.75, 3.05) is 0 Å². The molecule has 2 N–H and O–H groups in total. The van der Waals surface area contributed by atoms with E-state index in [0.717, 1.165) is 12.4 Å². The van der Waals surface area contributed by atoms with Gasteiger partial charge in [-0.3, -0.25) is 9.98 Å². The average molecular weight is 288 g/mol. The number of aromatic nitrogens is 1. The van der Waals surface area contributed by atoms with Crippen LogP contribution in [0.25, 0.3) is 0 Å². The Bertz CT molecular complexity index is 565. The number of pyridine rings is 1. The summed E-state index contributed by atoms with van der Waals surface area (Å²) in [7, 11) is 0. The van der Waals surface area contributed by atoms with Gasteiger partial charge >= 0.3 is 6.18 Å². The highest BCUT2D eigenvalue weighted by Crippen LogP contribution is 2.29. The Labute approximate surface area is 112 Å². The van der Waals surface area contributed by atoms with Gasteiger partial charge in [-0.25, -0.2) is 9.38 Å². The molecule has 2 heterocycles. The minimum absolute atomic E-state index is 0.114. The van der Waals surface area contributed by atoms with E-state index < -0.39 is 29.8 Å². The van der Waals surface area contributed by atoms with Gasteiger partial charge in [0.15, 0.2) is 0 Å². The van der Waals surface area contributed by atoms with Gasteiger partial charge in [0.2, 0.25) is 5.84 Å². The topological polar surface area (TPSA) is 63.6 Å². The Morgan fingerprint density at radius 3 is 2.60 bits per heavy atom. The molecule has 0 saturated heterocycles. The molecule has 1 aliphatic rings. The third-order valence-electron chi connectivity index (χ3n) is 2.97. The third-order valence-corrected chi connectivity index (χ3v) is 2.97. The van der Waals surface area contributed by atoms with Crippen LogP contribution in [0.5, 0.6) is 0 Å². The highest BCUT2D eigenvalue weighted by atomic mass is 19.4. The maximum atomic E-state index is 13.8. The van der Waals surface area contributed by atoms with Crippen molar-refractivity contribution < 1.29 is 17.6 Å². The molecule has 0 saturated carbocycles. The van der Waals surface area contributed by atoms with Gasteiger partial charge in [0.05, 0.1) is 17.9 Å². The van der Waals surface area contributed by atoms with Crippen molar-refractivity contribution in [1.29, 1.82) is 0 Å². The molecule has 2 rings (SSSR count). The van der Waals surface area contributed by atoms with Crippen LogP contribution in [0.4, 0.5) is 17.6 Å². The molecule has 1 aromatic rings. The van der Waals surface area contributed by atoms with Crippen LogP contribution in [-0.2, 0) is 6.54 Å². The predicted molar refractivity (Wildman–Crippen MR) is 66.3 cm³/mol. The highest BCUT2D eigenvalue weighted by Gasteiger charge is 2.39. The number of halogens is 4. The number of rotatable bonds is 2. The van der Waals surface area contributed by atoms with E-state index in [1.165, 1.54) is 13.0 Å². The average Bonchev–Trinajstić information content (AvgIpc) is 2.38. The van der Waals surface area contributed by atoms with Gasteiger partial charge in [0, 0.05) is 24.2 Å². The second-order valence-corrected chi connectivity index (χ2v) is 4.40. The fourth-order valence-electron chi connectivity index (χ4n) is 1.94. The summed E-state index contributed by atoms with van der Waals surface area (Å²) in [6, 6.07) is 0.656. The van der Waals surface area contributed by atoms with Crippen molar-refractivity contribution in [2.24, 2.45) is 15.7 Å². The predicted octanol–water partition coefficient (Wildman–Crippen LogP) is 2.20. The minimum Gasteiger partial charge on any atom is -0.325 e. The highest BCUT2D eigenvalue weighted by molar-refractivity contribution is 5.97. The maximum absolute atomic E-state index is 13.8. The summed E-state index contributed by atoms with van der Waals surface area (Å²) in [5.74, 6) is -2.49. The molecule has 108 valence electrons. The number of nitrogens with two attached hydrogens (primary N) is 1. The number of hydrogen-bond acceptors (Lipinski definition) is 4. The Morgan fingerprint density at radius 2 is 2.05 bits per heavy atom. The minimum atomic E-state index is -4.60. The monoisotopic (exact) mass is 288 g/mol. The molecule has 0 radical (unpaired) electrons. The lowest BCUT2D eigenvalue weighted by Gasteiger charge is -2.23. The molecule has 0 spiro atoms. The van der Waals surface area contributed by atoms with E-state index in [-0.39, 0.29) is 12.1 Å². The molecular weight excluding hydrogens is 276 g/mol. The second-order valence-electron chi connectivity index (χ2n) is 4.40. The largest absolute Gasteiger partial charge is 0.451 e. The van der Waals surface area contributed by atoms with Gasteiger partial charge in [-0.15, -0.1) is 0 Å². The van der Waals surface area contributed by atoms with Crippen LogP contribution < -0.4 is 5.73 Å². The summed E-state index contributed by atoms with van der Waals surface area (Å²) in [5, 5.41) is 0. The maximum Gasteiger partial charge on any atom is 0.451 e. The molecule has 1 aliphatic heterocycles. The Balaban J connectivity index is 2.33. The molecule has 0 aliphatic carbocycles. The summed E-state index contributed by atoms with van der Waals surface area (Å²) in [5.41, 5.74) is 6.06. The van der Waals surface area contributed by atoms with Crippen molar-refractivity contribution in [3.63, 3.8) is 0 Å². The van der Waals surface area contributed by atoms with Crippen molar-refractivity contribution >= 4 is 12.1 Å². The van der Waals surface area contributed by atoms with E-state index in [4.69, 9.17) is 5.73 Å². The molecule has 0 amide bonds. The van der Waals surface area contributed by atoms with Crippen LogP contribution >= 0.6 is 0 Å². The summed E-state index contributed by atoms with van der Waals surface area (Å²) in [6.45, 7) is 1.59. The molecule has 4 nitrogen and oxygen atoms in total. The lowest BCUT2D eigenvalue weighted by molar-refractivity contribution is -0.0602. The smallest absolute Gasteiger partial charge is 0.325 e. The molecule has 20 heavy (non-hydrogen) atoms. The van der Waals surface area contributed by atoms with E-state index in [1.54, 1.807) is 0 Å². The molecular formula is C12H12F4N4.